The number of hydrogen-bond donors (Lipinski definition) is 8. The third-order valence-electron chi connectivity index (χ3n) is 15.2. The van der Waals surface area contributed by atoms with Gasteiger partial charge in [-0.05, 0) is 98.7 Å². The van der Waals surface area contributed by atoms with Crippen LogP contribution in [-0.4, -0.2) is 109 Å². The van der Waals surface area contributed by atoms with Gasteiger partial charge in [0.2, 0.25) is 0 Å². The fraction of sp³-hybridized carbons (Fsp3) is 0.889. The predicted molar refractivity (Wildman–Crippen MR) is 170 cm³/mol. The van der Waals surface area contributed by atoms with Crippen LogP contribution in [0.25, 0.3) is 0 Å². The zero-order valence-electron chi connectivity index (χ0n) is 28.8. The van der Waals surface area contributed by atoms with E-state index in [2.05, 4.69) is 26.8 Å². The van der Waals surface area contributed by atoms with Gasteiger partial charge in [0.15, 0.2) is 6.29 Å². The molecule has 0 aromatic rings. The molecule has 0 amide bonds. The van der Waals surface area contributed by atoms with Crippen LogP contribution in [0.3, 0.4) is 0 Å². The van der Waals surface area contributed by atoms with Crippen LogP contribution in [0.5, 0.6) is 0 Å². The van der Waals surface area contributed by atoms with Crippen LogP contribution in [0.2, 0.25) is 0 Å². The first-order valence-corrected chi connectivity index (χ1v) is 17.7. The Morgan fingerprint density at radius 2 is 1.52 bits per heavy atom. The number of ether oxygens (including phenoxy) is 2. The first-order chi connectivity index (χ1) is 22.3. The summed E-state index contributed by atoms with van der Waals surface area (Å²) in [7, 11) is 0. The third-order valence-corrected chi connectivity index (χ3v) is 15.2. The summed E-state index contributed by atoms with van der Waals surface area (Å²) in [5.41, 5.74) is -3.46. The Kier molecular flexibility index (Phi) is 8.81. The first-order valence-electron chi connectivity index (χ1n) is 17.7. The second-order valence-corrected chi connectivity index (χ2v) is 17.7. The number of fused-ring (bicyclic) bond motifs is 7. The lowest BCUT2D eigenvalue weighted by Crippen LogP contribution is -2.71. The molecule has 0 radical (unpaired) electrons. The highest BCUT2D eigenvalue weighted by atomic mass is 16.7. The summed E-state index contributed by atoms with van der Waals surface area (Å²) in [6.07, 6.45) is -3.56. The minimum Gasteiger partial charge on any atom is -0.481 e. The fourth-order valence-corrected chi connectivity index (χ4v) is 12.4. The number of rotatable bonds is 6. The highest BCUT2D eigenvalue weighted by Crippen LogP contribution is 2.76. The summed E-state index contributed by atoms with van der Waals surface area (Å²) in [6, 6.07) is 0. The van der Waals surface area contributed by atoms with Crippen molar-refractivity contribution < 1.29 is 59.9 Å². The van der Waals surface area contributed by atoms with Crippen molar-refractivity contribution in [2.24, 2.45) is 50.2 Å². The monoisotopic (exact) mass is 680 g/mol. The van der Waals surface area contributed by atoms with E-state index in [-0.39, 0.29) is 30.3 Å². The van der Waals surface area contributed by atoms with Crippen LogP contribution >= 0.6 is 0 Å². The van der Waals surface area contributed by atoms with Crippen molar-refractivity contribution in [1.82, 2.24) is 0 Å². The molecule has 15 atom stereocenters. The largest absolute Gasteiger partial charge is 0.481 e. The van der Waals surface area contributed by atoms with E-state index in [1.54, 1.807) is 6.92 Å². The molecule has 0 aromatic heterocycles. The van der Waals surface area contributed by atoms with Gasteiger partial charge in [0.25, 0.3) is 0 Å². The molecule has 4 saturated carbocycles. The minimum atomic E-state index is -1.75. The van der Waals surface area contributed by atoms with Crippen molar-refractivity contribution in [2.45, 2.75) is 135 Å². The van der Waals surface area contributed by atoms with E-state index in [0.29, 0.717) is 38.5 Å². The minimum absolute atomic E-state index is 0.0445. The topological polar surface area (TPSA) is 214 Å². The van der Waals surface area contributed by atoms with Gasteiger partial charge in [0.1, 0.15) is 30.5 Å². The smallest absolute Gasteiger partial charge is 0.312 e. The molecule has 1 heterocycles. The van der Waals surface area contributed by atoms with Gasteiger partial charge in [0, 0.05) is 5.41 Å². The standard InChI is InChI=1S/C36H56O12/c1-31(2)10-11-35(30(45)46)12-13-36(17-38)18(19(35)14-31)6-7-22-32(3)15-20(39)27(34(5,29(43)44)23(32)8-9-33(22,36)4)48-28-26(42)25(41)24(40)21(16-37)47-28/h6,19-28,37-42H,7-17H2,1-5H3,(H,43,44)(H,45,46)/t19-,20+,21-,22-,23-,24-,25+,26-,27+,28+,32-,33-,34+,35+,36+/m1/s1. The molecule has 0 bridgehead atoms. The van der Waals surface area contributed by atoms with Crippen LogP contribution < -0.4 is 0 Å². The van der Waals surface area contributed by atoms with Gasteiger partial charge in [-0.25, -0.2) is 0 Å². The van der Waals surface area contributed by atoms with E-state index in [4.69, 9.17) is 9.47 Å². The van der Waals surface area contributed by atoms with Crippen LogP contribution in [-0.2, 0) is 19.1 Å². The van der Waals surface area contributed by atoms with Gasteiger partial charge in [0.05, 0.1) is 30.1 Å². The van der Waals surface area contributed by atoms with E-state index in [9.17, 15) is 50.4 Å². The van der Waals surface area contributed by atoms with Gasteiger partial charge in [-0.3, -0.25) is 9.59 Å². The summed E-state index contributed by atoms with van der Waals surface area (Å²) >= 11 is 0. The maximum absolute atomic E-state index is 13.4. The molecule has 5 aliphatic carbocycles. The molecule has 1 aliphatic heterocycles. The van der Waals surface area contributed by atoms with Gasteiger partial charge < -0.3 is 50.3 Å². The van der Waals surface area contributed by atoms with Gasteiger partial charge in [-0.1, -0.05) is 39.3 Å². The number of carboxylic acids is 2. The van der Waals surface area contributed by atoms with Crippen LogP contribution in [0.4, 0.5) is 0 Å². The average molecular weight is 681 g/mol. The molecule has 0 unspecified atom stereocenters. The van der Waals surface area contributed by atoms with Crippen molar-refractivity contribution in [3.8, 4) is 0 Å². The van der Waals surface area contributed by atoms with E-state index in [1.807, 2.05) is 6.92 Å². The highest BCUT2D eigenvalue weighted by Gasteiger charge is 2.73. The van der Waals surface area contributed by atoms with Crippen molar-refractivity contribution in [3.63, 3.8) is 0 Å². The SMILES string of the molecule is CC1(C)CC[C@]2(C(=O)O)CC[C@]3(CO)C(=CC[C@@H]4[C@@]5(C)C[C@H](O)[C@H](O[C@@H]6O[C@H](CO)[C@@H](O)[C@H](O)[C@H]6O)[C@@](C)(C(=O)O)[C@@H]5CC[C@]43C)[C@H]2C1. The lowest BCUT2D eigenvalue weighted by molar-refractivity contribution is -0.340. The molecule has 272 valence electrons. The molecule has 6 rings (SSSR count). The molecule has 1 saturated heterocycles. The fourth-order valence-electron chi connectivity index (χ4n) is 12.4. The Hall–Kier alpha value is -1.64. The van der Waals surface area contributed by atoms with E-state index in [0.717, 1.165) is 18.4 Å². The molecular formula is C36H56O12. The number of carbonyl (C=O) groups is 2. The Bertz CT molecular complexity index is 1330. The second kappa shape index (κ2) is 11.7. The summed E-state index contributed by atoms with van der Waals surface area (Å²) in [5.74, 6) is -2.81. The van der Waals surface area contributed by atoms with Gasteiger partial charge >= 0.3 is 11.9 Å². The zero-order valence-corrected chi connectivity index (χ0v) is 28.8. The second-order valence-electron chi connectivity index (χ2n) is 17.7. The predicted octanol–water partition coefficient (Wildman–Crippen LogP) is 2.07. The Morgan fingerprint density at radius 1 is 0.854 bits per heavy atom. The summed E-state index contributed by atoms with van der Waals surface area (Å²) in [4.78, 5) is 26.3. The summed E-state index contributed by atoms with van der Waals surface area (Å²) in [5, 5.41) is 85.8. The van der Waals surface area contributed by atoms with Gasteiger partial charge in [-0.2, -0.15) is 0 Å². The zero-order chi connectivity index (χ0) is 35.4. The van der Waals surface area contributed by atoms with E-state index >= 15 is 0 Å². The molecule has 48 heavy (non-hydrogen) atoms. The summed E-state index contributed by atoms with van der Waals surface area (Å²) in [6.45, 7) is 9.33. The molecule has 8 N–H and O–H groups in total. The lowest BCUT2D eigenvalue weighted by atomic mass is 9.33. The van der Waals surface area contributed by atoms with Crippen molar-refractivity contribution in [3.05, 3.63) is 11.6 Å². The van der Waals surface area contributed by atoms with Crippen molar-refractivity contribution in [2.75, 3.05) is 13.2 Å². The normalized spacial score (nSPS) is 52.9. The maximum Gasteiger partial charge on any atom is 0.312 e. The third kappa shape index (κ3) is 4.69. The van der Waals surface area contributed by atoms with Crippen LogP contribution in [0.15, 0.2) is 11.6 Å². The lowest BCUT2D eigenvalue weighted by Gasteiger charge is -2.71. The molecular weight excluding hydrogens is 624 g/mol. The summed E-state index contributed by atoms with van der Waals surface area (Å²) < 4.78 is 11.7. The van der Waals surface area contributed by atoms with Crippen LogP contribution in [0, 0.1) is 50.2 Å². The molecule has 5 fully saturated rings. The van der Waals surface area contributed by atoms with Gasteiger partial charge in [-0.15, -0.1) is 0 Å². The Morgan fingerprint density at radius 3 is 2.12 bits per heavy atom. The average Bonchev–Trinajstić information content (AvgIpc) is 3.01. The number of aliphatic carboxylic acids is 2. The van der Waals surface area contributed by atoms with E-state index in [1.165, 1.54) is 0 Å². The maximum atomic E-state index is 13.4. The highest BCUT2D eigenvalue weighted by molar-refractivity contribution is 5.77. The number of aliphatic hydroxyl groups is 6. The first kappa shape index (κ1) is 36.2. The Balaban J connectivity index is 1.38. The van der Waals surface area contributed by atoms with Crippen LogP contribution in [0.1, 0.15) is 92.4 Å². The number of allylic oxidation sites excluding steroid dienone is 1. The molecule has 6 aliphatic rings. The molecule has 12 heteroatoms. The molecule has 12 nitrogen and oxygen atoms in total. The van der Waals surface area contributed by atoms with Crippen molar-refractivity contribution in [1.29, 1.82) is 0 Å². The number of carboxylic acid groups (broad SMARTS) is 2. The van der Waals surface area contributed by atoms with E-state index < -0.39 is 94.5 Å². The quantitative estimate of drug-likeness (QED) is 0.150. The molecule has 0 aromatic carbocycles. The Labute approximate surface area is 282 Å². The number of aliphatic hydroxyl groups excluding tert-OH is 6. The number of hydrogen-bond acceptors (Lipinski definition) is 10. The van der Waals surface area contributed by atoms with Crippen molar-refractivity contribution >= 4 is 11.9 Å². The molecule has 0 spiro atoms.